The van der Waals surface area contributed by atoms with Crippen molar-refractivity contribution < 1.29 is 19.1 Å². The second-order valence-electron chi connectivity index (χ2n) is 6.30. The SMILES string of the molecule is CCCNC(=O)Cn1nc2c(c1NC(=O)c1ccc(OC)c(OC)c1)CSC2. The molecule has 0 spiro atoms. The molecule has 0 fully saturated rings. The highest BCUT2D eigenvalue weighted by Gasteiger charge is 2.25. The molecule has 0 bridgehead atoms. The summed E-state index contributed by atoms with van der Waals surface area (Å²) in [6, 6.07) is 4.97. The fourth-order valence-electron chi connectivity index (χ4n) is 2.93. The van der Waals surface area contributed by atoms with Crippen molar-refractivity contribution in [3.63, 3.8) is 0 Å². The fraction of sp³-hybridized carbons (Fsp3) is 0.421. The summed E-state index contributed by atoms with van der Waals surface area (Å²) in [5, 5.41) is 10.3. The smallest absolute Gasteiger partial charge is 0.256 e. The Morgan fingerprint density at radius 2 is 2.00 bits per heavy atom. The highest BCUT2D eigenvalue weighted by Crippen LogP contribution is 2.35. The third-order valence-corrected chi connectivity index (χ3v) is 5.33. The minimum Gasteiger partial charge on any atom is -0.493 e. The summed E-state index contributed by atoms with van der Waals surface area (Å²) in [7, 11) is 3.06. The number of nitrogens with zero attached hydrogens (tertiary/aromatic N) is 2. The Morgan fingerprint density at radius 3 is 2.71 bits per heavy atom. The summed E-state index contributed by atoms with van der Waals surface area (Å²) in [5.41, 5.74) is 2.32. The van der Waals surface area contributed by atoms with Crippen LogP contribution in [0.4, 0.5) is 5.82 Å². The van der Waals surface area contributed by atoms with Crippen LogP contribution in [0.3, 0.4) is 0 Å². The van der Waals surface area contributed by atoms with E-state index in [0.717, 1.165) is 29.2 Å². The van der Waals surface area contributed by atoms with Gasteiger partial charge in [0.15, 0.2) is 11.5 Å². The molecule has 2 N–H and O–H groups in total. The quantitative estimate of drug-likeness (QED) is 0.702. The zero-order valence-corrected chi connectivity index (χ0v) is 17.0. The highest BCUT2D eigenvalue weighted by molar-refractivity contribution is 7.98. The van der Waals surface area contributed by atoms with Crippen LogP contribution in [0.15, 0.2) is 18.2 Å². The normalized spacial score (nSPS) is 12.4. The lowest BCUT2D eigenvalue weighted by molar-refractivity contribution is -0.121. The first-order chi connectivity index (χ1) is 13.6. The largest absolute Gasteiger partial charge is 0.493 e. The highest BCUT2D eigenvalue weighted by atomic mass is 32.2. The van der Waals surface area contributed by atoms with Gasteiger partial charge in [-0.15, -0.1) is 0 Å². The molecule has 1 aromatic carbocycles. The predicted molar refractivity (Wildman–Crippen MR) is 108 cm³/mol. The van der Waals surface area contributed by atoms with Gasteiger partial charge in [-0.3, -0.25) is 9.59 Å². The topological polar surface area (TPSA) is 94.5 Å². The summed E-state index contributed by atoms with van der Waals surface area (Å²) in [6.45, 7) is 2.68. The van der Waals surface area contributed by atoms with Crippen LogP contribution in [-0.4, -0.2) is 42.4 Å². The van der Waals surface area contributed by atoms with Crippen LogP contribution in [0.1, 0.15) is 35.0 Å². The molecule has 2 heterocycles. The van der Waals surface area contributed by atoms with Gasteiger partial charge in [-0.2, -0.15) is 16.9 Å². The van der Waals surface area contributed by atoms with Crippen molar-refractivity contribution in [2.24, 2.45) is 0 Å². The van der Waals surface area contributed by atoms with E-state index in [9.17, 15) is 9.59 Å². The van der Waals surface area contributed by atoms with Gasteiger partial charge in [-0.1, -0.05) is 6.92 Å². The maximum Gasteiger partial charge on any atom is 0.256 e. The molecule has 2 aromatic rings. The number of carbonyl (C=O) groups excluding carboxylic acids is 2. The van der Waals surface area contributed by atoms with Gasteiger partial charge in [0.05, 0.1) is 19.9 Å². The van der Waals surface area contributed by atoms with Gasteiger partial charge in [0.25, 0.3) is 5.91 Å². The second kappa shape index (κ2) is 9.01. The van der Waals surface area contributed by atoms with Gasteiger partial charge in [0.1, 0.15) is 12.4 Å². The summed E-state index contributed by atoms with van der Waals surface area (Å²) in [5.74, 6) is 2.71. The first kappa shape index (κ1) is 20.1. The number of amides is 2. The maximum atomic E-state index is 12.8. The van der Waals surface area contributed by atoms with Gasteiger partial charge in [-0.25, -0.2) is 4.68 Å². The maximum absolute atomic E-state index is 12.8. The van der Waals surface area contributed by atoms with Crippen LogP contribution in [0, 0.1) is 0 Å². The van der Waals surface area contributed by atoms with Crippen molar-refractivity contribution in [3.05, 3.63) is 35.0 Å². The number of anilines is 1. The third kappa shape index (κ3) is 4.24. The molecule has 0 saturated carbocycles. The average molecular weight is 404 g/mol. The molecule has 0 radical (unpaired) electrons. The molecule has 3 rings (SSSR count). The molecule has 0 aliphatic carbocycles. The molecule has 0 saturated heterocycles. The monoisotopic (exact) mass is 404 g/mol. The van der Waals surface area contributed by atoms with Crippen molar-refractivity contribution >= 4 is 29.4 Å². The van der Waals surface area contributed by atoms with Crippen LogP contribution < -0.4 is 20.1 Å². The lowest BCUT2D eigenvalue weighted by Gasteiger charge is -2.12. The zero-order chi connectivity index (χ0) is 20.1. The number of hydrogen-bond acceptors (Lipinski definition) is 6. The van der Waals surface area contributed by atoms with Crippen LogP contribution in [0.25, 0.3) is 0 Å². The molecule has 1 aliphatic heterocycles. The fourth-order valence-corrected chi connectivity index (χ4v) is 3.97. The molecular formula is C19H24N4O4S. The van der Waals surface area contributed by atoms with Gasteiger partial charge < -0.3 is 20.1 Å². The van der Waals surface area contributed by atoms with Crippen molar-refractivity contribution in [1.82, 2.24) is 15.1 Å². The average Bonchev–Trinajstić information content (AvgIpc) is 3.28. The van der Waals surface area contributed by atoms with E-state index in [0.29, 0.717) is 29.4 Å². The van der Waals surface area contributed by atoms with Crippen LogP contribution in [0.5, 0.6) is 11.5 Å². The predicted octanol–water partition coefficient (Wildman–Crippen LogP) is 2.43. The minimum atomic E-state index is -0.296. The number of ether oxygens (including phenoxy) is 2. The van der Waals surface area contributed by atoms with E-state index in [1.165, 1.54) is 7.11 Å². The number of methoxy groups -OCH3 is 2. The molecular weight excluding hydrogens is 380 g/mol. The van der Waals surface area contributed by atoms with Crippen molar-refractivity contribution in [3.8, 4) is 11.5 Å². The molecule has 0 atom stereocenters. The van der Waals surface area contributed by atoms with Crippen molar-refractivity contribution in [2.75, 3.05) is 26.1 Å². The Labute approximate surface area is 168 Å². The standard InChI is InChI=1S/C19H24N4O4S/c1-4-7-20-17(24)9-23-18(13-10-28-11-14(13)22-23)21-19(25)12-5-6-15(26-2)16(8-12)27-3/h5-6,8H,4,7,9-11H2,1-3H3,(H,20,24)(H,21,25). The van der Waals surface area contributed by atoms with E-state index >= 15 is 0 Å². The Hall–Kier alpha value is -2.68. The number of hydrogen-bond donors (Lipinski definition) is 2. The molecule has 0 unspecified atom stereocenters. The zero-order valence-electron chi connectivity index (χ0n) is 16.2. The molecule has 150 valence electrons. The summed E-state index contributed by atoms with van der Waals surface area (Å²) < 4.78 is 12.1. The molecule has 8 nitrogen and oxygen atoms in total. The number of thioether (sulfide) groups is 1. The van der Waals surface area contributed by atoms with E-state index in [4.69, 9.17) is 9.47 Å². The van der Waals surface area contributed by atoms with Gasteiger partial charge in [0.2, 0.25) is 5.91 Å². The summed E-state index contributed by atoms with van der Waals surface area (Å²) >= 11 is 1.73. The lowest BCUT2D eigenvalue weighted by Crippen LogP contribution is -2.29. The number of fused-ring (bicyclic) bond motifs is 1. The summed E-state index contributed by atoms with van der Waals surface area (Å²) in [4.78, 5) is 25.0. The Kier molecular flexibility index (Phi) is 6.45. The van der Waals surface area contributed by atoms with E-state index in [-0.39, 0.29) is 18.4 Å². The molecule has 9 heteroatoms. The number of aromatic nitrogens is 2. The Balaban J connectivity index is 1.83. The number of carbonyl (C=O) groups is 2. The lowest BCUT2D eigenvalue weighted by atomic mass is 10.2. The van der Waals surface area contributed by atoms with Gasteiger partial charge >= 0.3 is 0 Å². The number of nitrogens with one attached hydrogen (secondary N) is 2. The summed E-state index contributed by atoms with van der Waals surface area (Å²) in [6.07, 6.45) is 0.862. The Morgan fingerprint density at radius 1 is 1.21 bits per heavy atom. The van der Waals surface area contributed by atoms with Crippen LogP contribution in [0.2, 0.25) is 0 Å². The van der Waals surface area contributed by atoms with E-state index < -0.39 is 0 Å². The second-order valence-corrected chi connectivity index (χ2v) is 7.28. The van der Waals surface area contributed by atoms with E-state index in [2.05, 4.69) is 15.7 Å². The minimum absolute atomic E-state index is 0.0687. The van der Waals surface area contributed by atoms with Gasteiger partial charge in [-0.05, 0) is 24.6 Å². The third-order valence-electron chi connectivity index (χ3n) is 4.36. The Bertz CT molecular complexity index is 881. The van der Waals surface area contributed by atoms with E-state index in [1.54, 1.807) is 41.8 Å². The number of benzene rings is 1. The molecule has 28 heavy (non-hydrogen) atoms. The van der Waals surface area contributed by atoms with Crippen molar-refractivity contribution in [1.29, 1.82) is 0 Å². The molecule has 2 amide bonds. The first-order valence-electron chi connectivity index (χ1n) is 9.03. The van der Waals surface area contributed by atoms with Crippen LogP contribution in [-0.2, 0) is 22.8 Å². The number of rotatable bonds is 8. The van der Waals surface area contributed by atoms with Gasteiger partial charge in [0, 0.05) is 29.2 Å². The molecule has 1 aromatic heterocycles. The van der Waals surface area contributed by atoms with Crippen LogP contribution >= 0.6 is 11.8 Å². The van der Waals surface area contributed by atoms with E-state index in [1.807, 2.05) is 6.92 Å². The molecule has 1 aliphatic rings. The first-order valence-corrected chi connectivity index (χ1v) is 10.2. The van der Waals surface area contributed by atoms with Crippen molar-refractivity contribution in [2.45, 2.75) is 31.4 Å².